The number of ether oxygens (including phenoxy) is 1. The molecule has 0 spiro atoms. The number of aliphatic hydroxyl groups is 3. The molecule has 0 aromatic rings. The van der Waals surface area contributed by atoms with Crippen LogP contribution in [-0.2, 0) is 4.74 Å². The predicted molar refractivity (Wildman–Crippen MR) is 61.0 cm³/mol. The van der Waals surface area contributed by atoms with Crippen LogP contribution in [-0.4, -0.2) is 56.9 Å². The van der Waals surface area contributed by atoms with E-state index in [1.165, 1.54) is 13.1 Å². The van der Waals surface area contributed by atoms with Gasteiger partial charge in [0.2, 0.25) is 0 Å². The fourth-order valence-electron chi connectivity index (χ4n) is 2.06. The monoisotopic (exact) mass is 256 g/mol. The summed E-state index contributed by atoms with van der Waals surface area (Å²) in [6.07, 6.45) is -0.337. The minimum absolute atomic E-state index is 0.424. The Labute approximate surface area is 104 Å². The van der Waals surface area contributed by atoms with Gasteiger partial charge in [-0.05, 0) is 13.0 Å². The van der Waals surface area contributed by atoms with Gasteiger partial charge in [-0.3, -0.25) is 4.90 Å². The van der Waals surface area contributed by atoms with E-state index in [0.29, 0.717) is 5.70 Å². The Hall–Kier alpha value is -1.41. The number of aliphatic hydroxyl groups excluding tert-OH is 2. The van der Waals surface area contributed by atoms with Crippen molar-refractivity contribution in [2.45, 2.75) is 31.0 Å². The van der Waals surface area contributed by atoms with Gasteiger partial charge in [0, 0.05) is 11.9 Å². The molecular formula is C11H16N2O5. The smallest absolute Gasteiger partial charge is 0.328 e. The Morgan fingerprint density at radius 1 is 1.67 bits per heavy atom. The lowest BCUT2D eigenvalue weighted by Crippen LogP contribution is -2.55. The van der Waals surface area contributed by atoms with E-state index in [4.69, 9.17) is 9.84 Å². The highest BCUT2D eigenvalue weighted by Gasteiger charge is 2.55. The van der Waals surface area contributed by atoms with Crippen molar-refractivity contribution < 1.29 is 24.9 Å². The second kappa shape index (κ2) is 4.36. The normalized spacial score (nSPS) is 40.2. The van der Waals surface area contributed by atoms with Crippen molar-refractivity contribution in [1.29, 1.82) is 0 Å². The number of rotatable bonds is 2. The summed E-state index contributed by atoms with van der Waals surface area (Å²) in [4.78, 5) is 12.9. The molecule has 18 heavy (non-hydrogen) atoms. The van der Waals surface area contributed by atoms with Crippen molar-refractivity contribution in [1.82, 2.24) is 10.2 Å². The molecular weight excluding hydrogens is 240 g/mol. The Bertz CT molecular complexity index is 406. The molecule has 7 heteroatoms. The number of hydrogen-bond acceptors (Lipinski definition) is 5. The quantitative estimate of drug-likeness (QED) is 0.500. The molecule has 0 aromatic carbocycles. The van der Waals surface area contributed by atoms with Gasteiger partial charge in [-0.25, -0.2) is 4.79 Å². The Balaban J connectivity index is 2.26. The highest BCUT2D eigenvalue weighted by atomic mass is 16.6. The zero-order valence-electron chi connectivity index (χ0n) is 9.91. The molecule has 2 amide bonds. The summed E-state index contributed by atoms with van der Waals surface area (Å²) in [5.41, 5.74) is -1.25. The molecule has 7 nitrogen and oxygen atoms in total. The van der Waals surface area contributed by atoms with Gasteiger partial charge in [-0.2, -0.15) is 0 Å². The number of carbonyl (C=O) groups excluding carboxylic acids is 1. The van der Waals surface area contributed by atoms with E-state index in [2.05, 4.69) is 11.9 Å². The average molecular weight is 256 g/mol. The van der Waals surface area contributed by atoms with Gasteiger partial charge < -0.3 is 25.4 Å². The molecule has 2 aliphatic heterocycles. The molecule has 1 saturated heterocycles. The number of allylic oxidation sites excluding steroid dienone is 1. The third-order valence-electron chi connectivity index (χ3n) is 3.13. The van der Waals surface area contributed by atoms with Crippen LogP contribution in [0.25, 0.3) is 0 Å². The van der Waals surface area contributed by atoms with Crippen molar-refractivity contribution >= 4 is 6.03 Å². The summed E-state index contributed by atoms with van der Waals surface area (Å²) in [7, 11) is 0. The minimum Gasteiger partial charge on any atom is -0.394 e. The van der Waals surface area contributed by atoms with E-state index in [1.54, 1.807) is 6.08 Å². The predicted octanol–water partition coefficient (Wildman–Crippen LogP) is -1.13. The maximum atomic E-state index is 11.7. The number of nitrogens with one attached hydrogen (secondary N) is 1. The van der Waals surface area contributed by atoms with E-state index in [9.17, 15) is 15.0 Å². The molecule has 100 valence electrons. The Morgan fingerprint density at radius 3 is 2.83 bits per heavy atom. The van der Waals surface area contributed by atoms with E-state index in [-0.39, 0.29) is 0 Å². The van der Waals surface area contributed by atoms with Crippen LogP contribution in [0.5, 0.6) is 0 Å². The standard InChI is InChI=1S/C11H16N2O5/c1-6-3-4-13(10(16)12-6)9-11(2,17)8(15)7(5-14)18-9/h3-4,7-9,14-15,17H,1,5H2,2H3,(H,12,16)/t7?,8-,9+,11?/m0/s1. The van der Waals surface area contributed by atoms with Gasteiger partial charge in [0.05, 0.1) is 6.61 Å². The average Bonchev–Trinajstić information content (AvgIpc) is 2.52. The highest BCUT2D eigenvalue weighted by Crippen LogP contribution is 2.33. The Kier molecular flexibility index (Phi) is 3.16. The number of carbonyl (C=O) groups is 1. The summed E-state index contributed by atoms with van der Waals surface area (Å²) >= 11 is 0. The second-order valence-electron chi connectivity index (χ2n) is 4.56. The lowest BCUT2D eigenvalue weighted by molar-refractivity contribution is -0.106. The molecule has 4 N–H and O–H groups in total. The van der Waals surface area contributed by atoms with Gasteiger partial charge in [-0.1, -0.05) is 6.58 Å². The van der Waals surface area contributed by atoms with Crippen molar-refractivity contribution in [3.8, 4) is 0 Å². The SMILES string of the molecule is C=C1C=CN([C@@H]2OC(CO)[C@H](O)C2(C)O)C(=O)N1. The van der Waals surface area contributed by atoms with Gasteiger partial charge in [-0.15, -0.1) is 0 Å². The van der Waals surface area contributed by atoms with Crippen LogP contribution in [0, 0.1) is 0 Å². The molecule has 0 saturated carbocycles. The maximum absolute atomic E-state index is 11.7. The molecule has 1 fully saturated rings. The van der Waals surface area contributed by atoms with E-state index in [1.807, 2.05) is 0 Å². The third-order valence-corrected chi connectivity index (χ3v) is 3.13. The van der Waals surface area contributed by atoms with Crippen LogP contribution in [0.3, 0.4) is 0 Å². The molecule has 0 radical (unpaired) electrons. The summed E-state index contributed by atoms with van der Waals surface area (Å²) in [5.74, 6) is 0. The molecule has 4 atom stereocenters. The first kappa shape index (κ1) is 13.0. The first-order valence-electron chi connectivity index (χ1n) is 5.51. The maximum Gasteiger partial charge on any atom is 0.328 e. The van der Waals surface area contributed by atoms with Gasteiger partial charge in [0.15, 0.2) is 6.23 Å². The lowest BCUT2D eigenvalue weighted by atomic mass is 9.96. The molecule has 0 bridgehead atoms. The van der Waals surface area contributed by atoms with Crippen molar-refractivity contribution in [3.63, 3.8) is 0 Å². The number of nitrogens with zero attached hydrogens (tertiary/aromatic N) is 1. The zero-order valence-corrected chi connectivity index (χ0v) is 9.91. The van der Waals surface area contributed by atoms with Gasteiger partial charge in [0.1, 0.15) is 17.8 Å². The molecule has 0 aromatic heterocycles. The number of amides is 2. The summed E-state index contributed by atoms with van der Waals surface area (Å²) in [5, 5.41) is 31.5. The van der Waals surface area contributed by atoms with Crippen molar-refractivity contribution in [2.75, 3.05) is 6.61 Å². The molecule has 2 unspecified atom stereocenters. The fourth-order valence-corrected chi connectivity index (χ4v) is 2.06. The van der Waals surface area contributed by atoms with Gasteiger partial charge in [0.25, 0.3) is 0 Å². The van der Waals surface area contributed by atoms with E-state index in [0.717, 1.165) is 4.90 Å². The molecule has 2 rings (SSSR count). The Morgan fingerprint density at radius 2 is 2.33 bits per heavy atom. The van der Waals surface area contributed by atoms with Crippen LogP contribution in [0.1, 0.15) is 6.92 Å². The summed E-state index contributed by atoms with van der Waals surface area (Å²) in [6, 6.07) is -0.515. The summed E-state index contributed by atoms with van der Waals surface area (Å²) in [6.45, 7) is 4.47. The third kappa shape index (κ3) is 1.91. The first-order chi connectivity index (χ1) is 8.37. The van der Waals surface area contributed by atoms with Crippen molar-refractivity contribution in [2.24, 2.45) is 0 Å². The zero-order chi connectivity index (χ0) is 13.5. The topological polar surface area (TPSA) is 102 Å². The molecule has 2 heterocycles. The molecule has 2 aliphatic rings. The van der Waals surface area contributed by atoms with Crippen molar-refractivity contribution in [3.05, 3.63) is 24.6 Å². The van der Waals surface area contributed by atoms with Crippen LogP contribution in [0.15, 0.2) is 24.6 Å². The second-order valence-corrected chi connectivity index (χ2v) is 4.56. The van der Waals surface area contributed by atoms with Crippen LogP contribution < -0.4 is 5.32 Å². The highest BCUT2D eigenvalue weighted by molar-refractivity contribution is 5.79. The van der Waals surface area contributed by atoms with Crippen LogP contribution in [0.2, 0.25) is 0 Å². The summed E-state index contributed by atoms with van der Waals surface area (Å²) < 4.78 is 5.32. The number of hydrogen-bond donors (Lipinski definition) is 4. The number of urea groups is 1. The minimum atomic E-state index is -1.67. The first-order valence-corrected chi connectivity index (χ1v) is 5.51. The largest absolute Gasteiger partial charge is 0.394 e. The van der Waals surface area contributed by atoms with E-state index < -0.39 is 36.7 Å². The van der Waals surface area contributed by atoms with Gasteiger partial charge >= 0.3 is 6.03 Å². The van der Waals surface area contributed by atoms with E-state index >= 15 is 0 Å². The van der Waals surface area contributed by atoms with Crippen LogP contribution in [0.4, 0.5) is 4.79 Å². The molecule has 0 aliphatic carbocycles. The fraction of sp³-hybridized carbons (Fsp3) is 0.545. The van der Waals surface area contributed by atoms with Crippen LogP contribution >= 0.6 is 0 Å². The lowest BCUT2D eigenvalue weighted by Gasteiger charge is -2.35.